The van der Waals surface area contributed by atoms with Crippen molar-refractivity contribution in [1.29, 1.82) is 0 Å². The second-order valence-electron chi connectivity index (χ2n) is 3.53. The minimum Gasteiger partial charge on any atom is -0.347 e. The lowest BCUT2D eigenvalue weighted by atomic mass is 9.89. The molecule has 1 saturated carbocycles. The molecular formula is C8H15ClFNO2. The largest absolute Gasteiger partial charge is 0.347 e. The molecule has 1 saturated heterocycles. The fraction of sp³-hybridized carbons (Fsp3) is 1.00. The zero-order chi connectivity index (χ0) is 8.60. The third-order valence-electron chi connectivity index (χ3n) is 2.64. The molecule has 1 aliphatic carbocycles. The van der Waals surface area contributed by atoms with Gasteiger partial charge in [0.25, 0.3) is 0 Å². The summed E-state index contributed by atoms with van der Waals surface area (Å²) in [6, 6.07) is -0.330. The van der Waals surface area contributed by atoms with E-state index in [-0.39, 0.29) is 18.4 Å². The lowest BCUT2D eigenvalue weighted by Gasteiger charge is -2.36. The van der Waals surface area contributed by atoms with Crippen LogP contribution in [0.15, 0.2) is 0 Å². The summed E-state index contributed by atoms with van der Waals surface area (Å²) in [6.45, 7) is 1.17. The van der Waals surface area contributed by atoms with E-state index >= 15 is 0 Å². The molecule has 1 spiro atoms. The molecular weight excluding hydrogens is 197 g/mol. The fourth-order valence-electron chi connectivity index (χ4n) is 1.88. The first-order valence-corrected chi connectivity index (χ1v) is 4.39. The van der Waals surface area contributed by atoms with Crippen LogP contribution in [0.2, 0.25) is 0 Å². The molecule has 0 aromatic carbocycles. The van der Waals surface area contributed by atoms with E-state index in [2.05, 4.69) is 0 Å². The second-order valence-corrected chi connectivity index (χ2v) is 3.53. The van der Waals surface area contributed by atoms with E-state index in [1.54, 1.807) is 0 Å². The van der Waals surface area contributed by atoms with Crippen molar-refractivity contribution in [2.45, 2.75) is 37.3 Å². The van der Waals surface area contributed by atoms with Crippen LogP contribution in [0.5, 0.6) is 0 Å². The molecule has 1 aliphatic heterocycles. The van der Waals surface area contributed by atoms with Gasteiger partial charge in [0.15, 0.2) is 5.79 Å². The molecule has 0 bridgehead atoms. The monoisotopic (exact) mass is 211 g/mol. The van der Waals surface area contributed by atoms with Gasteiger partial charge >= 0.3 is 0 Å². The van der Waals surface area contributed by atoms with E-state index in [1.807, 2.05) is 0 Å². The van der Waals surface area contributed by atoms with Crippen LogP contribution >= 0.6 is 12.4 Å². The quantitative estimate of drug-likeness (QED) is 0.650. The molecule has 13 heavy (non-hydrogen) atoms. The zero-order valence-corrected chi connectivity index (χ0v) is 8.19. The van der Waals surface area contributed by atoms with E-state index in [1.165, 1.54) is 0 Å². The van der Waals surface area contributed by atoms with Gasteiger partial charge in [0.1, 0.15) is 6.17 Å². The normalized spacial score (nSPS) is 37.4. The number of rotatable bonds is 0. The van der Waals surface area contributed by atoms with Gasteiger partial charge in [0.2, 0.25) is 0 Å². The van der Waals surface area contributed by atoms with Crippen molar-refractivity contribution < 1.29 is 13.9 Å². The summed E-state index contributed by atoms with van der Waals surface area (Å²) < 4.78 is 24.0. The Morgan fingerprint density at radius 1 is 1.31 bits per heavy atom. The highest BCUT2D eigenvalue weighted by Gasteiger charge is 2.44. The van der Waals surface area contributed by atoms with Gasteiger partial charge in [-0.15, -0.1) is 12.4 Å². The van der Waals surface area contributed by atoms with Crippen LogP contribution in [0.1, 0.15) is 19.3 Å². The maximum absolute atomic E-state index is 13.2. The van der Waals surface area contributed by atoms with Crippen molar-refractivity contribution in [3.8, 4) is 0 Å². The van der Waals surface area contributed by atoms with E-state index in [0.717, 1.165) is 6.42 Å². The standard InChI is InChI=1S/C8H14FNO2.ClH/c9-6-5-8(2-1-7(6)10)11-3-4-12-8;/h6-7H,1-5,10H2;1H. The number of ether oxygens (including phenoxy) is 2. The summed E-state index contributed by atoms with van der Waals surface area (Å²) >= 11 is 0. The van der Waals surface area contributed by atoms with Crippen molar-refractivity contribution in [2.24, 2.45) is 5.73 Å². The van der Waals surface area contributed by atoms with E-state index in [4.69, 9.17) is 15.2 Å². The van der Waals surface area contributed by atoms with Crippen LogP contribution in [0, 0.1) is 0 Å². The number of alkyl halides is 1. The molecule has 2 rings (SSSR count). The lowest BCUT2D eigenvalue weighted by Crippen LogP contribution is -2.47. The van der Waals surface area contributed by atoms with Gasteiger partial charge in [-0.05, 0) is 6.42 Å². The maximum Gasteiger partial charge on any atom is 0.171 e. The maximum atomic E-state index is 13.2. The highest BCUT2D eigenvalue weighted by atomic mass is 35.5. The van der Waals surface area contributed by atoms with Crippen molar-refractivity contribution in [3.63, 3.8) is 0 Å². The Hall–Kier alpha value is 0.1000. The van der Waals surface area contributed by atoms with Crippen LogP contribution < -0.4 is 5.73 Å². The summed E-state index contributed by atoms with van der Waals surface area (Å²) in [5.74, 6) is -0.630. The van der Waals surface area contributed by atoms with Crippen molar-refractivity contribution >= 4 is 12.4 Å². The van der Waals surface area contributed by atoms with Gasteiger partial charge in [0.05, 0.1) is 13.2 Å². The molecule has 0 aromatic rings. The molecule has 78 valence electrons. The molecule has 2 atom stereocenters. The average molecular weight is 212 g/mol. The molecule has 0 amide bonds. The minimum atomic E-state index is -0.975. The van der Waals surface area contributed by atoms with Crippen molar-refractivity contribution in [1.82, 2.24) is 0 Å². The summed E-state index contributed by atoms with van der Waals surface area (Å²) in [4.78, 5) is 0. The molecule has 0 radical (unpaired) electrons. The Labute approximate surface area is 83.2 Å². The van der Waals surface area contributed by atoms with Gasteiger partial charge in [-0.1, -0.05) is 0 Å². The Morgan fingerprint density at radius 3 is 2.46 bits per heavy atom. The van der Waals surface area contributed by atoms with Crippen LogP contribution in [-0.2, 0) is 9.47 Å². The third kappa shape index (κ3) is 2.13. The fourth-order valence-corrected chi connectivity index (χ4v) is 1.88. The van der Waals surface area contributed by atoms with Crippen LogP contribution in [-0.4, -0.2) is 31.2 Å². The Bertz CT molecular complexity index is 176. The molecule has 2 fully saturated rings. The number of halogens is 2. The SMILES string of the molecule is Cl.NC1CCC2(CC1F)OCCO2. The highest BCUT2D eigenvalue weighted by molar-refractivity contribution is 5.85. The smallest absolute Gasteiger partial charge is 0.171 e. The predicted molar refractivity (Wildman–Crippen MR) is 48.6 cm³/mol. The van der Waals surface area contributed by atoms with E-state index in [9.17, 15) is 4.39 Å². The minimum absolute atomic E-state index is 0. The molecule has 0 aromatic heterocycles. The number of nitrogens with two attached hydrogens (primary N) is 1. The first-order valence-electron chi connectivity index (χ1n) is 4.39. The predicted octanol–water partition coefficient (Wildman–Crippen LogP) is 1.00. The van der Waals surface area contributed by atoms with Crippen LogP contribution in [0.4, 0.5) is 4.39 Å². The number of hydrogen-bond donors (Lipinski definition) is 1. The number of hydrogen-bond acceptors (Lipinski definition) is 3. The average Bonchev–Trinajstić information content (AvgIpc) is 2.47. The molecule has 1 heterocycles. The van der Waals surface area contributed by atoms with E-state index in [0.29, 0.717) is 26.1 Å². The van der Waals surface area contributed by atoms with Gasteiger partial charge in [0, 0.05) is 18.9 Å². The van der Waals surface area contributed by atoms with Gasteiger partial charge in [-0.3, -0.25) is 0 Å². The van der Waals surface area contributed by atoms with E-state index < -0.39 is 12.0 Å². The Balaban J connectivity index is 0.000000845. The van der Waals surface area contributed by atoms with Gasteiger partial charge < -0.3 is 15.2 Å². The first-order chi connectivity index (χ1) is 5.72. The summed E-state index contributed by atoms with van der Waals surface area (Å²) in [7, 11) is 0. The highest BCUT2D eigenvalue weighted by Crippen LogP contribution is 2.36. The molecule has 2 unspecified atom stereocenters. The summed E-state index contributed by atoms with van der Waals surface area (Å²) in [6.07, 6.45) is 0.709. The molecule has 2 aliphatic rings. The topological polar surface area (TPSA) is 44.5 Å². The van der Waals surface area contributed by atoms with Crippen LogP contribution in [0.3, 0.4) is 0 Å². The Morgan fingerprint density at radius 2 is 1.92 bits per heavy atom. The Kier molecular flexibility index (Phi) is 3.51. The summed E-state index contributed by atoms with van der Waals surface area (Å²) in [5, 5.41) is 0. The van der Waals surface area contributed by atoms with Crippen molar-refractivity contribution in [3.05, 3.63) is 0 Å². The third-order valence-corrected chi connectivity index (χ3v) is 2.64. The molecule has 2 N–H and O–H groups in total. The zero-order valence-electron chi connectivity index (χ0n) is 7.37. The molecule has 3 nitrogen and oxygen atoms in total. The van der Waals surface area contributed by atoms with Crippen molar-refractivity contribution in [2.75, 3.05) is 13.2 Å². The molecule has 5 heteroatoms. The first kappa shape index (κ1) is 11.2. The second kappa shape index (κ2) is 4.09. The van der Waals surface area contributed by atoms with Crippen LogP contribution in [0.25, 0.3) is 0 Å². The summed E-state index contributed by atoms with van der Waals surface area (Å²) in [5.41, 5.74) is 5.54. The van der Waals surface area contributed by atoms with Gasteiger partial charge in [-0.2, -0.15) is 0 Å². The van der Waals surface area contributed by atoms with Gasteiger partial charge in [-0.25, -0.2) is 4.39 Å². The lowest BCUT2D eigenvalue weighted by molar-refractivity contribution is -0.190.